The predicted molar refractivity (Wildman–Crippen MR) is 56.9 cm³/mol. The summed E-state index contributed by atoms with van der Waals surface area (Å²) in [5.74, 6) is 0. The van der Waals surface area contributed by atoms with E-state index in [1.165, 1.54) is 5.56 Å². The van der Waals surface area contributed by atoms with E-state index in [-0.39, 0.29) is 5.54 Å². The Morgan fingerprint density at radius 3 is 2.79 bits per heavy atom. The third-order valence-electron chi connectivity index (χ3n) is 2.92. The van der Waals surface area contributed by atoms with Gasteiger partial charge in [0.15, 0.2) is 0 Å². The van der Waals surface area contributed by atoms with Gasteiger partial charge in [0.1, 0.15) is 0 Å². The van der Waals surface area contributed by atoms with Gasteiger partial charge in [-0.2, -0.15) is 0 Å². The van der Waals surface area contributed by atoms with Crippen LogP contribution >= 0.6 is 0 Å². The van der Waals surface area contributed by atoms with Crippen LogP contribution in [0, 0.1) is 6.92 Å². The molecule has 0 spiro atoms. The average Bonchev–Trinajstić information content (AvgIpc) is 2.83. The van der Waals surface area contributed by atoms with Crippen molar-refractivity contribution in [3.8, 4) is 0 Å². The van der Waals surface area contributed by atoms with Gasteiger partial charge in [0.25, 0.3) is 0 Å². The lowest BCUT2D eigenvalue weighted by Gasteiger charge is -2.15. The zero-order valence-electron chi connectivity index (χ0n) is 8.53. The monoisotopic (exact) mass is 191 g/mol. The third kappa shape index (κ3) is 2.14. The first-order valence-corrected chi connectivity index (χ1v) is 5.13. The summed E-state index contributed by atoms with van der Waals surface area (Å²) in [5, 5.41) is 9.94. The summed E-state index contributed by atoms with van der Waals surface area (Å²) >= 11 is 0. The second kappa shape index (κ2) is 3.37. The van der Waals surface area contributed by atoms with Crippen molar-refractivity contribution >= 4 is 0 Å². The molecule has 2 rings (SSSR count). The van der Waals surface area contributed by atoms with Crippen LogP contribution in [-0.2, 0) is 0 Å². The molecule has 0 amide bonds. The van der Waals surface area contributed by atoms with E-state index in [1.807, 2.05) is 31.2 Å². The number of benzene rings is 1. The molecule has 2 heteroatoms. The minimum absolute atomic E-state index is 0.0802. The molecule has 0 bridgehead atoms. The molecule has 2 nitrogen and oxygen atoms in total. The maximum absolute atomic E-state index is 9.94. The van der Waals surface area contributed by atoms with Crippen LogP contribution in [0.15, 0.2) is 24.3 Å². The Kier molecular flexibility index (Phi) is 2.33. The highest BCUT2D eigenvalue weighted by molar-refractivity contribution is 5.24. The molecule has 0 radical (unpaired) electrons. The fourth-order valence-electron chi connectivity index (χ4n) is 1.74. The van der Waals surface area contributed by atoms with Crippen molar-refractivity contribution < 1.29 is 5.11 Å². The molecule has 1 aromatic rings. The molecule has 1 aromatic carbocycles. The van der Waals surface area contributed by atoms with E-state index < -0.39 is 6.10 Å². The van der Waals surface area contributed by atoms with Crippen LogP contribution in [0.5, 0.6) is 0 Å². The molecular formula is C12H17NO. The maximum Gasteiger partial charge on any atom is 0.0807 e. The first kappa shape index (κ1) is 9.69. The van der Waals surface area contributed by atoms with Crippen molar-refractivity contribution in [2.75, 3.05) is 0 Å². The van der Waals surface area contributed by atoms with Crippen LogP contribution in [-0.4, -0.2) is 10.6 Å². The second-order valence-corrected chi connectivity index (χ2v) is 4.50. The van der Waals surface area contributed by atoms with Crippen molar-refractivity contribution in [1.82, 2.24) is 0 Å². The molecule has 0 heterocycles. The fourth-order valence-corrected chi connectivity index (χ4v) is 1.74. The SMILES string of the molecule is Cc1cccc(C(O)CC2(N)CC2)c1. The quantitative estimate of drug-likeness (QED) is 0.766. The molecule has 1 aliphatic carbocycles. The lowest BCUT2D eigenvalue weighted by molar-refractivity contribution is 0.154. The first-order chi connectivity index (χ1) is 6.59. The number of rotatable bonds is 3. The molecule has 1 saturated carbocycles. The topological polar surface area (TPSA) is 46.2 Å². The van der Waals surface area contributed by atoms with E-state index in [0.29, 0.717) is 6.42 Å². The molecule has 0 aromatic heterocycles. The van der Waals surface area contributed by atoms with E-state index >= 15 is 0 Å². The lowest BCUT2D eigenvalue weighted by Crippen LogP contribution is -2.24. The van der Waals surface area contributed by atoms with Gasteiger partial charge >= 0.3 is 0 Å². The predicted octanol–water partition coefficient (Wildman–Crippen LogP) is 1.91. The van der Waals surface area contributed by atoms with E-state index in [0.717, 1.165) is 18.4 Å². The number of nitrogens with two attached hydrogens (primary N) is 1. The second-order valence-electron chi connectivity index (χ2n) is 4.50. The van der Waals surface area contributed by atoms with Crippen molar-refractivity contribution in [3.05, 3.63) is 35.4 Å². The zero-order valence-corrected chi connectivity index (χ0v) is 8.53. The maximum atomic E-state index is 9.94. The Balaban J connectivity index is 2.06. The summed E-state index contributed by atoms with van der Waals surface area (Å²) in [4.78, 5) is 0. The Bertz CT molecular complexity index is 331. The van der Waals surface area contributed by atoms with Crippen molar-refractivity contribution in [2.45, 2.75) is 37.8 Å². The van der Waals surface area contributed by atoms with E-state index in [1.54, 1.807) is 0 Å². The summed E-state index contributed by atoms with van der Waals surface area (Å²) in [7, 11) is 0. The van der Waals surface area contributed by atoms with Crippen LogP contribution in [0.2, 0.25) is 0 Å². The zero-order chi connectivity index (χ0) is 10.2. The molecule has 14 heavy (non-hydrogen) atoms. The Hall–Kier alpha value is -0.860. The summed E-state index contributed by atoms with van der Waals surface area (Å²) in [6.45, 7) is 2.03. The van der Waals surface area contributed by atoms with Gasteiger partial charge in [-0.3, -0.25) is 0 Å². The minimum atomic E-state index is -0.401. The van der Waals surface area contributed by atoms with Crippen molar-refractivity contribution in [3.63, 3.8) is 0 Å². The molecular weight excluding hydrogens is 174 g/mol. The van der Waals surface area contributed by atoms with Crippen LogP contribution in [0.4, 0.5) is 0 Å². The summed E-state index contributed by atoms with van der Waals surface area (Å²) < 4.78 is 0. The van der Waals surface area contributed by atoms with Gasteiger partial charge in [0.2, 0.25) is 0 Å². The standard InChI is InChI=1S/C12H17NO/c1-9-3-2-4-10(7-9)11(14)8-12(13)5-6-12/h2-4,7,11,14H,5-6,8,13H2,1H3. The Morgan fingerprint density at radius 1 is 1.50 bits per heavy atom. The van der Waals surface area contributed by atoms with E-state index in [4.69, 9.17) is 5.73 Å². The highest BCUT2D eigenvalue weighted by Gasteiger charge is 2.39. The molecule has 1 unspecified atom stereocenters. The normalized spacial score (nSPS) is 20.5. The van der Waals surface area contributed by atoms with Gasteiger partial charge in [-0.05, 0) is 31.7 Å². The molecule has 0 saturated heterocycles. The van der Waals surface area contributed by atoms with Gasteiger partial charge < -0.3 is 10.8 Å². The van der Waals surface area contributed by atoms with E-state index in [2.05, 4.69) is 0 Å². The number of aliphatic hydroxyl groups is 1. The molecule has 1 fully saturated rings. The Morgan fingerprint density at radius 2 is 2.21 bits per heavy atom. The molecule has 3 N–H and O–H groups in total. The van der Waals surface area contributed by atoms with Gasteiger partial charge in [0, 0.05) is 5.54 Å². The molecule has 0 aliphatic heterocycles. The number of hydrogen-bond donors (Lipinski definition) is 2. The van der Waals surface area contributed by atoms with Crippen LogP contribution in [0.1, 0.15) is 36.5 Å². The van der Waals surface area contributed by atoms with Crippen molar-refractivity contribution in [2.24, 2.45) is 5.73 Å². The largest absolute Gasteiger partial charge is 0.388 e. The third-order valence-corrected chi connectivity index (χ3v) is 2.92. The van der Waals surface area contributed by atoms with E-state index in [9.17, 15) is 5.11 Å². The van der Waals surface area contributed by atoms with Crippen LogP contribution in [0.25, 0.3) is 0 Å². The van der Waals surface area contributed by atoms with Gasteiger partial charge in [-0.25, -0.2) is 0 Å². The lowest BCUT2D eigenvalue weighted by atomic mass is 10.00. The highest BCUT2D eigenvalue weighted by atomic mass is 16.3. The highest BCUT2D eigenvalue weighted by Crippen LogP contribution is 2.40. The number of aliphatic hydroxyl groups excluding tert-OH is 1. The summed E-state index contributed by atoms with van der Waals surface area (Å²) in [6, 6.07) is 8.00. The average molecular weight is 191 g/mol. The van der Waals surface area contributed by atoms with Gasteiger partial charge in [0.05, 0.1) is 6.10 Å². The fraction of sp³-hybridized carbons (Fsp3) is 0.500. The van der Waals surface area contributed by atoms with Crippen molar-refractivity contribution in [1.29, 1.82) is 0 Å². The number of aryl methyl sites for hydroxylation is 1. The molecule has 1 atom stereocenters. The van der Waals surface area contributed by atoms with Gasteiger partial charge in [-0.1, -0.05) is 29.8 Å². The Labute approximate surface area is 84.7 Å². The summed E-state index contributed by atoms with van der Waals surface area (Å²) in [5.41, 5.74) is 8.05. The van der Waals surface area contributed by atoms with Gasteiger partial charge in [-0.15, -0.1) is 0 Å². The summed E-state index contributed by atoms with van der Waals surface area (Å²) in [6.07, 6.45) is 2.39. The smallest absolute Gasteiger partial charge is 0.0807 e. The minimum Gasteiger partial charge on any atom is -0.388 e. The first-order valence-electron chi connectivity index (χ1n) is 5.13. The molecule has 1 aliphatic rings. The van der Waals surface area contributed by atoms with Crippen LogP contribution < -0.4 is 5.73 Å². The number of hydrogen-bond acceptors (Lipinski definition) is 2. The van der Waals surface area contributed by atoms with Crippen LogP contribution in [0.3, 0.4) is 0 Å². The molecule has 76 valence electrons.